The SMILES string of the molecule is O=C([O-])CCC(O)CC(=O)[O-].[Ca+2]. The zero-order chi connectivity index (χ0) is 8.85. The number of hydrogen-bond donors (Lipinski definition) is 1. The average molecular weight is 200 g/mol. The summed E-state index contributed by atoms with van der Waals surface area (Å²) in [6.45, 7) is 0. The summed E-state index contributed by atoms with van der Waals surface area (Å²) < 4.78 is 0. The van der Waals surface area contributed by atoms with Crippen LogP contribution in [-0.4, -0.2) is 60.9 Å². The van der Waals surface area contributed by atoms with E-state index in [9.17, 15) is 19.8 Å². The van der Waals surface area contributed by atoms with Gasteiger partial charge in [0, 0.05) is 18.4 Å². The van der Waals surface area contributed by atoms with Crippen LogP contribution in [0.1, 0.15) is 19.3 Å². The quantitative estimate of drug-likeness (QED) is 0.467. The number of carbonyl (C=O) groups excluding carboxylic acids is 2. The number of aliphatic hydroxyl groups excluding tert-OH is 1. The van der Waals surface area contributed by atoms with E-state index in [2.05, 4.69) is 0 Å². The summed E-state index contributed by atoms with van der Waals surface area (Å²) in [5, 5.41) is 28.4. The maximum Gasteiger partial charge on any atom is 2.00 e. The Labute approximate surface area is 99.4 Å². The molecular formula is C6H8CaO5. The molecule has 6 heteroatoms. The third-order valence-corrected chi connectivity index (χ3v) is 1.08. The second kappa shape index (κ2) is 7.79. The molecule has 0 aliphatic rings. The van der Waals surface area contributed by atoms with Crippen LogP contribution >= 0.6 is 0 Å². The van der Waals surface area contributed by atoms with E-state index in [1.165, 1.54) is 0 Å². The molecule has 0 aliphatic heterocycles. The van der Waals surface area contributed by atoms with Crippen molar-refractivity contribution in [3.8, 4) is 0 Å². The van der Waals surface area contributed by atoms with Gasteiger partial charge in [0.25, 0.3) is 0 Å². The molecule has 0 saturated carbocycles. The van der Waals surface area contributed by atoms with Crippen LogP contribution < -0.4 is 10.2 Å². The number of hydrogen-bond acceptors (Lipinski definition) is 5. The summed E-state index contributed by atoms with van der Waals surface area (Å²) in [7, 11) is 0. The van der Waals surface area contributed by atoms with E-state index in [1.54, 1.807) is 0 Å². The van der Waals surface area contributed by atoms with Crippen LogP contribution in [0.4, 0.5) is 0 Å². The van der Waals surface area contributed by atoms with Crippen molar-refractivity contribution in [2.75, 3.05) is 0 Å². The number of carboxylic acid groups (broad SMARTS) is 2. The Morgan fingerprint density at radius 3 is 2.08 bits per heavy atom. The van der Waals surface area contributed by atoms with E-state index in [0.29, 0.717) is 0 Å². The van der Waals surface area contributed by atoms with E-state index >= 15 is 0 Å². The Morgan fingerprint density at radius 1 is 1.25 bits per heavy atom. The van der Waals surface area contributed by atoms with E-state index in [4.69, 9.17) is 5.11 Å². The van der Waals surface area contributed by atoms with Gasteiger partial charge in [0.1, 0.15) is 0 Å². The minimum atomic E-state index is -1.39. The molecule has 1 unspecified atom stereocenters. The van der Waals surface area contributed by atoms with E-state index < -0.39 is 24.5 Å². The van der Waals surface area contributed by atoms with Crippen molar-refractivity contribution < 1.29 is 24.9 Å². The zero-order valence-electron chi connectivity index (χ0n) is 6.49. The predicted molar refractivity (Wildman–Crippen MR) is 35.6 cm³/mol. The van der Waals surface area contributed by atoms with Crippen LogP contribution in [-0.2, 0) is 9.59 Å². The smallest absolute Gasteiger partial charge is 0.550 e. The first-order valence-electron chi connectivity index (χ1n) is 3.10. The molecule has 0 radical (unpaired) electrons. The second-order valence-electron chi connectivity index (χ2n) is 2.14. The van der Waals surface area contributed by atoms with Crippen LogP contribution in [0.3, 0.4) is 0 Å². The maximum absolute atomic E-state index is 9.82. The first-order valence-corrected chi connectivity index (χ1v) is 3.10. The van der Waals surface area contributed by atoms with Crippen molar-refractivity contribution in [3.05, 3.63) is 0 Å². The van der Waals surface area contributed by atoms with Crippen molar-refractivity contribution in [1.82, 2.24) is 0 Å². The molecule has 0 amide bonds. The minimum absolute atomic E-state index is 0. The van der Waals surface area contributed by atoms with E-state index in [0.717, 1.165) is 0 Å². The first-order chi connectivity index (χ1) is 5.02. The van der Waals surface area contributed by atoms with Gasteiger partial charge in [0.05, 0.1) is 6.10 Å². The van der Waals surface area contributed by atoms with Crippen molar-refractivity contribution in [2.45, 2.75) is 25.4 Å². The third kappa shape index (κ3) is 10.2. The van der Waals surface area contributed by atoms with Gasteiger partial charge in [0.15, 0.2) is 0 Å². The monoisotopic (exact) mass is 200 g/mol. The molecular weight excluding hydrogens is 192 g/mol. The molecule has 0 saturated heterocycles. The van der Waals surface area contributed by atoms with Gasteiger partial charge in [-0.25, -0.2) is 0 Å². The van der Waals surface area contributed by atoms with Crippen LogP contribution in [0.2, 0.25) is 0 Å². The Hall–Kier alpha value is 0.160. The summed E-state index contributed by atoms with van der Waals surface area (Å²) in [6.07, 6.45) is -2.14. The van der Waals surface area contributed by atoms with Crippen molar-refractivity contribution in [2.24, 2.45) is 0 Å². The summed E-state index contributed by atoms with van der Waals surface area (Å²) in [5.74, 6) is -2.70. The molecule has 1 N–H and O–H groups in total. The van der Waals surface area contributed by atoms with Gasteiger partial charge in [-0.1, -0.05) is 0 Å². The number of aliphatic carboxylic acids is 2. The molecule has 5 nitrogen and oxygen atoms in total. The Bertz CT molecular complexity index is 158. The van der Waals surface area contributed by atoms with Crippen molar-refractivity contribution in [3.63, 3.8) is 0 Å². The molecule has 0 aromatic rings. The van der Waals surface area contributed by atoms with Gasteiger partial charge in [0.2, 0.25) is 0 Å². The fourth-order valence-corrected chi connectivity index (χ4v) is 0.579. The van der Waals surface area contributed by atoms with Gasteiger partial charge >= 0.3 is 37.7 Å². The Balaban J connectivity index is 0. The molecule has 0 aliphatic carbocycles. The molecule has 0 heterocycles. The van der Waals surface area contributed by atoms with Gasteiger partial charge in [-0.15, -0.1) is 0 Å². The van der Waals surface area contributed by atoms with Crippen LogP contribution in [0.15, 0.2) is 0 Å². The Kier molecular flexibility index (Phi) is 9.52. The molecule has 0 fully saturated rings. The second-order valence-corrected chi connectivity index (χ2v) is 2.14. The standard InChI is InChI=1S/C6H10O5.Ca/c7-4(3-6(10)11)1-2-5(8)9;/h4,7H,1-3H2,(H,8,9)(H,10,11);/q;+2/p-2. The molecule has 1 atom stereocenters. The Morgan fingerprint density at radius 2 is 1.75 bits per heavy atom. The summed E-state index contributed by atoms with van der Waals surface area (Å²) >= 11 is 0. The van der Waals surface area contributed by atoms with Gasteiger partial charge < -0.3 is 24.9 Å². The van der Waals surface area contributed by atoms with Crippen molar-refractivity contribution >= 4 is 49.7 Å². The fraction of sp³-hybridized carbons (Fsp3) is 0.667. The van der Waals surface area contributed by atoms with E-state index in [1.807, 2.05) is 0 Å². The van der Waals surface area contributed by atoms with Crippen LogP contribution in [0.25, 0.3) is 0 Å². The average Bonchev–Trinajstić information content (AvgIpc) is 1.82. The largest absolute Gasteiger partial charge is 2.00 e. The molecule has 0 bridgehead atoms. The maximum atomic E-state index is 9.82. The van der Waals surface area contributed by atoms with Crippen LogP contribution in [0, 0.1) is 0 Å². The van der Waals surface area contributed by atoms with Crippen LogP contribution in [0.5, 0.6) is 0 Å². The summed E-state index contributed by atoms with van der Waals surface area (Å²) in [5.41, 5.74) is 0. The molecule has 64 valence electrons. The molecule has 12 heavy (non-hydrogen) atoms. The van der Waals surface area contributed by atoms with Gasteiger partial charge in [-0.2, -0.15) is 0 Å². The van der Waals surface area contributed by atoms with E-state index in [-0.39, 0.29) is 50.6 Å². The molecule has 0 aromatic carbocycles. The molecule has 0 aromatic heterocycles. The van der Waals surface area contributed by atoms with Crippen molar-refractivity contribution in [1.29, 1.82) is 0 Å². The summed E-state index contributed by atoms with van der Waals surface area (Å²) in [4.78, 5) is 19.6. The predicted octanol–water partition coefficient (Wildman–Crippen LogP) is -3.36. The topological polar surface area (TPSA) is 100 Å². The number of carboxylic acids is 2. The number of carbonyl (C=O) groups is 2. The number of aliphatic hydroxyl groups is 1. The van der Waals surface area contributed by atoms with Gasteiger partial charge in [-0.3, -0.25) is 0 Å². The first kappa shape index (κ1) is 14.7. The molecule has 0 rings (SSSR count). The normalized spacial score (nSPS) is 11.4. The number of rotatable bonds is 5. The fourth-order valence-electron chi connectivity index (χ4n) is 0.579. The summed E-state index contributed by atoms with van der Waals surface area (Å²) in [6, 6.07) is 0. The molecule has 0 spiro atoms. The van der Waals surface area contributed by atoms with Gasteiger partial charge in [-0.05, 0) is 12.8 Å². The zero-order valence-corrected chi connectivity index (χ0v) is 8.69. The third-order valence-electron chi connectivity index (χ3n) is 1.08. The minimum Gasteiger partial charge on any atom is -0.550 e.